The van der Waals surface area contributed by atoms with Gasteiger partial charge in [0.05, 0.1) is 11.8 Å². The minimum Gasteiger partial charge on any atom is -0.352 e. The fraction of sp³-hybridized carbons (Fsp3) is 0.344. The SMILES string of the molecule is O=C(NCC1CCCCC1)c1cccc(CS(=O)(=O)C=C2CN(C(c3ccc(Cl)cc3)c3ccc(Cl)cc3)C2)c1. The molecule has 1 aliphatic carbocycles. The summed E-state index contributed by atoms with van der Waals surface area (Å²) in [6.45, 7) is 1.76. The van der Waals surface area contributed by atoms with Crippen molar-refractivity contribution in [3.05, 3.63) is 116 Å². The highest BCUT2D eigenvalue weighted by Gasteiger charge is 2.31. The summed E-state index contributed by atoms with van der Waals surface area (Å²) >= 11 is 12.2. The zero-order valence-corrected chi connectivity index (χ0v) is 24.7. The van der Waals surface area contributed by atoms with Gasteiger partial charge in [-0.2, -0.15) is 0 Å². The van der Waals surface area contributed by atoms with Crippen molar-refractivity contribution in [3.8, 4) is 0 Å². The van der Waals surface area contributed by atoms with Crippen LogP contribution in [-0.4, -0.2) is 38.9 Å². The highest BCUT2D eigenvalue weighted by molar-refractivity contribution is 7.93. The van der Waals surface area contributed by atoms with Gasteiger partial charge in [0.2, 0.25) is 0 Å². The number of amides is 1. The second-order valence-electron chi connectivity index (χ2n) is 10.9. The molecule has 1 N–H and O–H groups in total. The predicted octanol–water partition coefficient (Wildman–Crippen LogP) is 7.21. The van der Waals surface area contributed by atoms with Crippen molar-refractivity contribution in [2.24, 2.45) is 5.92 Å². The molecule has 5 rings (SSSR count). The maximum atomic E-state index is 13.1. The van der Waals surface area contributed by atoms with Crippen LogP contribution in [0.1, 0.15) is 65.2 Å². The Kier molecular flexibility index (Phi) is 9.31. The quantitative estimate of drug-likeness (QED) is 0.283. The Labute approximate surface area is 247 Å². The topological polar surface area (TPSA) is 66.5 Å². The third-order valence-corrected chi connectivity index (χ3v) is 9.66. The van der Waals surface area contributed by atoms with Crippen molar-refractivity contribution < 1.29 is 13.2 Å². The van der Waals surface area contributed by atoms with Crippen LogP contribution >= 0.6 is 23.2 Å². The third-order valence-electron chi connectivity index (χ3n) is 7.73. The Bertz CT molecular complexity index is 1410. The zero-order valence-electron chi connectivity index (χ0n) is 22.4. The molecule has 1 amide bonds. The largest absolute Gasteiger partial charge is 0.352 e. The van der Waals surface area contributed by atoms with Gasteiger partial charge in [0.25, 0.3) is 5.91 Å². The van der Waals surface area contributed by atoms with Gasteiger partial charge >= 0.3 is 0 Å². The van der Waals surface area contributed by atoms with Gasteiger partial charge < -0.3 is 5.32 Å². The van der Waals surface area contributed by atoms with Crippen LogP contribution in [-0.2, 0) is 15.6 Å². The lowest BCUT2D eigenvalue weighted by molar-refractivity contribution is 0.0943. The van der Waals surface area contributed by atoms with E-state index in [1.165, 1.54) is 24.7 Å². The first-order valence-corrected chi connectivity index (χ1v) is 16.3. The van der Waals surface area contributed by atoms with Gasteiger partial charge in [-0.05, 0) is 77.4 Å². The van der Waals surface area contributed by atoms with Crippen LogP contribution in [0.2, 0.25) is 10.0 Å². The van der Waals surface area contributed by atoms with Gasteiger partial charge in [-0.3, -0.25) is 9.69 Å². The monoisotopic (exact) mass is 596 g/mol. The summed E-state index contributed by atoms with van der Waals surface area (Å²) in [6.07, 6.45) is 6.05. The lowest BCUT2D eigenvalue weighted by Gasteiger charge is -2.41. The molecule has 1 saturated carbocycles. The van der Waals surface area contributed by atoms with Crippen LogP contribution < -0.4 is 5.32 Å². The van der Waals surface area contributed by atoms with Crippen LogP contribution in [0, 0.1) is 5.92 Å². The third kappa shape index (κ3) is 7.55. The van der Waals surface area contributed by atoms with Gasteiger partial charge in [-0.25, -0.2) is 8.42 Å². The highest BCUT2D eigenvalue weighted by Crippen LogP contribution is 2.35. The average molecular weight is 598 g/mol. The normalized spacial score (nSPS) is 16.5. The molecular weight excluding hydrogens is 563 g/mol. The molecule has 1 heterocycles. The molecule has 210 valence electrons. The Morgan fingerprint density at radius 3 is 2.10 bits per heavy atom. The minimum absolute atomic E-state index is 0.0433. The number of likely N-dealkylation sites (tertiary alicyclic amines) is 1. The summed E-state index contributed by atoms with van der Waals surface area (Å²) in [7, 11) is -3.51. The summed E-state index contributed by atoms with van der Waals surface area (Å²) < 4.78 is 26.2. The fourth-order valence-electron chi connectivity index (χ4n) is 5.70. The van der Waals surface area contributed by atoms with Crippen molar-refractivity contribution in [1.82, 2.24) is 10.2 Å². The molecule has 0 unspecified atom stereocenters. The molecule has 8 heteroatoms. The Balaban J connectivity index is 1.23. The molecule has 3 aromatic rings. The minimum atomic E-state index is -3.51. The van der Waals surface area contributed by atoms with Crippen LogP contribution in [0.15, 0.2) is 83.8 Å². The molecule has 2 fully saturated rings. The summed E-state index contributed by atoms with van der Waals surface area (Å²) in [5, 5.41) is 5.77. The molecule has 1 aliphatic heterocycles. The van der Waals surface area contributed by atoms with Crippen LogP contribution in [0.4, 0.5) is 0 Å². The number of hydrogen-bond acceptors (Lipinski definition) is 4. The molecule has 40 heavy (non-hydrogen) atoms. The Morgan fingerprint density at radius 2 is 1.50 bits per heavy atom. The molecule has 0 radical (unpaired) electrons. The molecule has 1 saturated heterocycles. The van der Waals surface area contributed by atoms with Crippen molar-refractivity contribution in [2.45, 2.75) is 43.9 Å². The molecule has 5 nitrogen and oxygen atoms in total. The number of rotatable bonds is 9. The van der Waals surface area contributed by atoms with Crippen molar-refractivity contribution >= 4 is 38.9 Å². The van der Waals surface area contributed by atoms with E-state index in [1.807, 2.05) is 48.5 Å². The number of nitrogens with one attached hydrogen (secondary N) is 1. The predicted molar refractivity (Wildman–Crippen MR) is 162 cm³/mol. The number of nitrogens with zero attached hydrogens (tertiary/aromatic N) is 1. The second-order valence-corrected chi connectivity index (χ2v) is 13.6. The van der Waals surface area contributed by atoms with Gasteiger partial charge in [0.15, 0.2) is 9.84 Å². The van der Waals surface area contributed by atoms with E-state index >= 15 is 0 Å². The maximum Gasteiger partial charge on any atom is 0.251 e. The number of halogens is 2. The standard InChI is InChI=1S/C32H34Cl2N2O3S/c33-29-13-9-26(10-14-29)31(27-11-15-30(34)16-12-27)36-19-25(20-36)22-40(38,39)21-24-7-4-8-28(17-24)32(37)35-18-23-5-2-1-3-6-23/h4,7-17,22-23,31H,1-3,5-6,18-21H2,(H,35,37). The molecule has 2 aliphatic rings. The molecule has 0 aromatic heterocycles. The second kappa shape index (κ2) is 12.9. The summed E-state index contributed by atoms with van der Waals surface area (Å²) in [5.74, 6) is 0.250. The van der Waals surface area contributed by atoms with Crippen LogP contribution in [0.3, 0.4) is 0 Å². The van der Waals surface area contributed by atoms with Crippen molar-refractivity contribution in [3.63, 3.8) is 0 Å². The average Bonchev–Trinajstić information content (AvgIpc) is 2.92. The van der Waals surface area contributed by atoms with Crippen molar-refractivity contribution in [2.75, 3.05) is 19.6 Å². The first-order chi connectivity index (χ1) is 19.3. The van der Waals surface area contributed by atoms with E-state index in [1.54, 1.807) is 24.3 Å². The molecular formula is C32H34Cl2N2O3S. The zero-order chi connectivity index (χ0) is 28.1. The first kappa shape index (κ1) is 28.9. The van der Waals surface area contributed by atoms with E-state index in [4.69, 9.17) is 23.2 Å². The van der Waals surface area contributed by atoms with E-state index in [-0.39, 0.29) is 17.7 Å². The summed E-state index contributed by atoms with van der Waals surface area (Å²) in [5.41, 5.74) is 4.12. The highest BCUT2D eigenvalue weighted by atomic mass is 35.5. The van der Waals surface area contributed by atoms with E-state index in [2.05, 4.69) is 10.2 Å². The Morgan fingerprint density at radius 1 is 0.900 bits per heavy atom. The lowest BCUT2D eigenvalue weighted by Crippen LogP contribution is -2.43. The van der Waals surface area contributed by atoms with Gasteiger partial charge in [0, 0.05) is 40.7 Å². The molecule has 0 bridgehead atoms. The molecule has 0 spiro atoms. The summed E-state index contributed by atoms with van der Waals surface area (Å²) in [6, 6.07) is 22.4. The van der Waals surface area contributed by atoms with E-state index in [0.29, 0.717) is 46.7 Å². The van der Waals surface area contributed by atoms with Crippen LogP contribution in [0.5, 0.6) is 0 Å². The smallest absolute Gasteiger partial charge is 0.251 e. The van der Waals surface area contributed by atoms with Gasteiger partial charge in [-0.15, -0.1) is 0 Å². The van der Waals surface area contributed by atoms with Crippen LogP contribution in [0.25, 0.3) is 0 Å². The maximum absolute atomic E-state index is 13.1. The molecule has 3 aromatic carbocycles. The van der Waals surface area contributed by atoms with Crippen molar-refractivity contribution in [1.29, 1.82) is 0 Å². The number of sulfone groups is 1. The van der Waals surface area contributed by atoms with E-state index in [9.17, 15) is 13.2 Å². The van der Waals surface area contributed by atoms with Gasteiger partial charge in [0.1, 0.15) is 0 Å². The number of hydrogen-bond donors (Lipinski definition) is 1. The van der Waals surface area contributed by atoms with E-state index in [0.717, 1.165) is 29.5 Å². The number of benzene rings is 3. The number of carbonyl (C=O) groups excluding carboxylic acids is 1. The Hall–Kier alpha value is -2.64. The van der Waals surface area contributed by atoms with E-state index < -0.39 is 9.84 Å². The summed E-state index contributed by atoms with van der Waals surface area (Å²) in [4.78, 5) is 14.9. The first-order valence-electron chi connectivity index (χ1n) is 13.8. The number of carbonyl (C=O) groups is 1. The molecule has 0 atom stereocenters. The lowest BCUT2D eigenvalue weighted by atomic mass is 9.89. The van der Waals surface area contributed by atoms with Gasteiger partial charge in [-0.1, -0.05) is 78.9 Å². The fourth-order valence-corrected chi connectivity index (χ4v) is 7.33.